The Morgan fingerprint density at radius 2 is 1.78 bits per heavy atom. The number of hydrogen-bond donors (Lipinski definition) is 2. The van der Waals surface area contributed by atoms with Gasteiger partial charge in [0.2, 0.25) is 0 Å². The van der Waals surface area contributed by atoms with E-state index in [4.69, 9.17) is 14.6 Å². The minimum Gasteiger partial charge on any atom is -0.493 e. The second-order valence-corrected chi connectivity index (χ2v) is 7.60. The molecule has 0 fully saturated rings. The van der Waals surface area contributed by atoms with E-state index in [-0.39, 0.29) is 18.0 Å². The third kappa shape index (κ3) is 4.69. The normalized spacial score (nSPS) is 15.2. The fourth-order valence-electron chi connectivity index (χ4n) is 3.67. The number of carbonyl (C=O) groups is 2. The van der Waals surface area contributed by atoms with Crippen LogP contribution in [0.25, 0.3) is 0 Å². The van der Waals surface area contributed by atoms with Gasteiger partial charge >= 0.3 is 6.03 Å². The Kier molecular flexibility index (Phi) is 7.35. The largest absolute Gasteiger partial charge is 0.493 e. The second kappa shape index (κ2) is 10.2. The van der Waals surface area contributed by atoms with Gasteiger partial charge < -0.3 is 20.1 Å². The number of benzene rings is 2. The van der Waals surface area contributed by atoms with Crippen LogP contribution in [0.5, 0.6) is 11.5 Å². The average Bonchev–Trinajstić information content (AvgIpc) is 2.96. The van der Waals surface area contributed by atoms with E-state index >= 15 is 0 Å². The van der Waals surface area contributed by atoms with Crippen molar-refractivity contribution >= 4 is 17.6 Å². The molecule has 32 heavy (non-hydrogen) atoms. The summed E-state index contributed by atoms with van der Waals surface area (Å²) in [6.07, 6.45) is 1.46. The number of amides is 3. The molecule has 0 bridgehead atoms. The lowest BCUT2D eigenvalue weighted by Gasteiger charge is -2.22. The summed E-state index contributed by atoms with van der Waals surface area (Å²) in [5, 5.41) is 11.7. The fourth-order valence-corrected chi connectivity index (χ4v) is 3.67. The van der Waals surface area contributed by atoms with Gasteiger partial charge in [-0.1, -0.05) is 19.1 Å². The van der Waals surface area contributed by atoms with Crippen molar-refractivity contribution in [2.75, 3.05) is 27.8 Å². The molecule has 0 saturated carbocycles. The number of rotatable bonds is 6. The molecule has 0 radical (unpaired) electrons. The van der Waals surface area contributed by atoms with E-state index in [1.165, 1.54) is 5.01 Å². The Bertz CT molecular complexity index is 1020. The molecule has 3 amide bonds. The maximum Gasteiger partial charge on any atom is 0.337 e. The Morgan fingerprint density at radius 3 is 2.38 bits per heavy atom. The van der Waals surface area contributed by atoms with Gasteiger partial charge in [-0.3, -0.25) is 4.79 Å². The van der Waals surface area contributed by atoms with Crippen molar-refractivity contribution < 1.29 is 19.1 Å². The summed E-state index contributed by atoms with van der Waals surface area (Å²) in [6, 6.07) is 10.6. The minimum atomic E-state index is -0.294. The third-order valence-electron chi connectivity index (χ3n) is 5.38. The van der Waals surface area contributed by atoms with Gasteiger partial charge in [0, 0.05) is 30.3 Å². The average molecular weight is 439 g/mol. The van der Waals surface area contributed by atoms with Crippen LogP contribution in [0.4, 0.5) is 4.79 Å². The molecule has 2 N–H and O–H groups in total. The number of nitrogens with one attached hydrogen (secondary N) is 2. The zero-order chi connectivity index (χ0) is 23.3. The predicted octanol–water partition coefficient (Wildman–Crippen LogP) is 3.18. The summed E-state index contributed by atoms with van der Waals surface area (Å²) in [7, 11) is 4.76. The van der Waals surface area contributed by atoms with Gasteiger partial charge in [-0.2, -0.15) is 5.10 Å². The number of fused-ring (bicyclic) bond motifs is 1. The Balaban J connectivity index is 2.12. The topological polar surface area (TPSA) is 92.3 Å². The fraction of sp³-hybridized carbons (Fsp3) is 0.375. The summed E-state index contributed by atoms with van der Waals surface area (Å²) in [6.45, 7) is 4.58. The van der Waals surface area contributed by atoms with Crippen LogP contribution in [0.1, 0.15) is 47.3 Å². The van der Waals surface area contributed by atoms with Crippen LogP contribution in [0.3, 0.4) is 0 Å². The molecule has 3 rings (SSSR count). The van der Waals surface area contributed by atoms with Crippen molar-refractivity contribution in [2.45, 2.75) is 32.7 Å². The zero-order valence-corrected chi connectivity index (χ0v) is 19.2. The molecule has 1 aliphatic heterocycles. The molecule has 1 atom stereocenters. The van der Waals surface area contributed by atoms with Crippen molar-refractivity contribution in [3.8, 4) is 11.5 Å². The van der Waals surface area contributed by atoms with Crippen molar-refractivity contribution in [1.29, 1.82) is 0 Å². The Labute approximate surface area is 188 Å². The molecule has 0 aromatic heterocycles. The van der Waals surface area contributed by atoms with E-state index in [9.17, 15) is 9.59 Å². The molecule has 0 spiro atoms. The lowest BCUT2D eigenvalue weighted by atomic mass is 9.93. The minimum absolute atomic E-state index is 0.117. The van der Waals surface area contributed by atoms with Crippen LogP contribution in [-0.4, -0.2) is 56.5 Å². The first kappa shape index (κ1) is 23.1. The number of hydrogen-bond acceptors (Lipinski definition) is 5. The zero-order valence-electron chi connectivity index (χ0n) is 19.2. The summed E-state index contributed by atoms with van der Waals surface area (Å²) < 4.78 is 11.0. The second-order valence-electron chi connectivity index (χ2n) is 7.60. The maximum absolute atomic E-state index is 12.6. The van der Waals surface area contributed by atoms with E-state index in [0.717, 1.165) is 23.1 Å². The molecule has 1 unspecified atom stereocenters. The first-order valence-electron chi connectivity index (χ1n) is 10.7. The van der Waals surface area contributed by atoms with Crippen molar-refractivity contribution in [3.05, 3.63) is 58.7 Å². The highest BCUT2D eigenvalue weighted by Gasteiger charge is 2.28. The van der Waals surface area contributed by atoms with E-state index in [1.807, 2.05) is 38.1 Å². The predicted molar refractivity (Wildman–Crippen MR) is 124 cm³/mol. The number of urea groups is 1. The van der Waals surface area contributed by atoms with Gasteiger partial charge in [0.1, 0.15) is 0 Å². The van der Waals surface area contributed by atoms with E-state index in [1.54, 1.807) is 33.4 Å². The first-order valence-corrected chi connectivity index (χ1v) is 10.7. The highest BCUT2D eigenvalue weighted by atomic mass is 16.5. The smallest absolute Gasteiger partial charge is 0.337 e. The summed E-state index contributed by atoms with van der Waals surface area (Å²) in [4.78, 5) is 24.8. The highest BCUT2D eigenvalue weighted by molar-refractivity contribution is 6.15. The van der Waals surface area contributed by atoms with Crippen LogP contribution in [0.15, 0.2) is 41.5 Å². The molecule has 0 aliphatic carbocycles. The van der Waals surface area contributed by atoms with Crippen molar-refractivity contribution in [3.63, 3.8) is 0 Å². The SMILES string of the molecule is CCCNC(=O)c1ccc(C2=NN(C(=O)NC)C(C)Cc3cc(OC)c(OC)cc32)cc1. The number of carbonyl (C=O) groups excluding carboxylic acids is 2. The Morgan fingerprint density at radius 1 is 1.12 bits per heavy atom. The number of nitrogens with zero attached hydrogens (tertiary/aromatic N) is 2. The van der Waals surface area contributed by atoms with E-state index < -0.39 is 0 Å². The van der Waals surface area contributed by atoms with Gasteiger partial charge in [-0.05, 0) is 49.6 Å². The van der Waals surface area contributed by atoms with Crippen LogP contribution in [0, 0.1) is 0 Å². The van der Waals surface area contributed by atoms with Gasteiger partial charge in [-0.25, -0.2) is 9.80 Å². The quantitative estimate of drug-likeness (QED) is 0.725. The summed E-state index contributed by atoms with van der Waals surface area (Å²) in [5.74, 6) is 1.08. The van der Waals surface area contributed by atoms with Gasteiger partial charge in [0.25, 0.3) is 5.91 Å². The molecule has 8 heteroatoms. The summed E-state index contributed by atoms with van der Waals surface area (Å²) in [5.41, 5.74) is 3.82. The molecule has 2 aromatic carbocycles. The Hall–Kier alpha value is -3.55. The number of hydrazone groups is 1. The van der Waals surface area contributed by atoms with Crippen LogP contribution in [-0.2, 0) is 6.42 Å². The molecular weight excluding hydrogens is 408 g/mol. The van der Waals surface area contributed by atoms with Gasteiger partial charge in [0.05, 0.1) is 26.0 Å². The molecule has 2 aromatic rings. The molecule has 8 nitrogen and oxygen atoms in total. The maximum atomic E-state index is 12.6. The van der Waals surface area contributed by atoms with Gasteiger partial charge in [0.15, 0.2) is 11.5 Å². The highest BCUT2D eigenvalue weighted by Crippen LogP contribution is 2.34. The molecular formula is C24H30N4O4. The van der Waals surface area contributed by atoms with Crippen LogP contribution in [0.2, 0.25) is 0 Å². The lowest BCUT2D eigenvalue weighted by Crippen LogP contribution is -2.41. The molecule has 1 aliphatic rings. The van der Waals surface area contributed by atoms with Crippen LogP contribution < -0.4 is 20.1 Å². The summed E-state index contributed by atoms with van der Waals surface area (Å²) >= 11 is 0. The molecule has 0 saturated heterocycles. The first-order chi connectivity index (χ1) is 15.4. The molecule has 1 heterocycles. The molecule has 170 valence electrons. The standard InChI is InChI=1S/C24H30N4O4/c1-6-11-26-23(29)17-9-7-16(8-10-17)22-19-14-21(32-5)20(31-4)13-18(19)12-15(2)28(27-22)24(30)25-3/h7-10,13-15H,6,11-12H2,1-5H3,(H,25,30)(H,26,29). The van der Waals surface area contributed by atoms with Crippen molar-refractivity contribution in [2.24, 2.45) is 5.10 Å². The van der Waals surface area contributed by atoms with Crippen LogP contribution >= 0.6 is 0 Å². The monoisotopic (exact) mass is 438 g/mol. The lowest BCUT2D eigenvalue weighted by molar-refractivity contribution is 0.0953. The number of ether oxygens (including phenoxy) is 2. The van der Waals surface area contributed by atoms with E-state index in [0.29, 0.717) is 35.7 Å². The third-order valence-corrected chi connectivity index (χ3v) is 5.38. The van der Waals surface area contributed by atoms with Crippen molar-refractivity contribution in [1.82, 2.24) is 15.6 Å². The number of methoxy groups -OCH3 is 2. The van der Waals surface area contributed by atoms with E-state index in [2.05, 4.69) is 10.6 Å². The van der Waals surface area contributed by atoms with Gasteiger partial charge in [-0.15, -0.1) is 0 Å².